The largest absolute Gasteiger partial charge is 0.463 e. The van der Waals surface area contributed by atoms with E-state index in [2.05, 4.69) is 19.1 Å². The van der Waals surface area contributed by atoms with E-state index >= 15 is 0 Å². The quantitative estimate of drug-likeness (QED) is 0.0625. The fraction of sp³-hybridized carbons (Fsp3) is 0.906. The summed E-state index contributed by atoms with van der Waals surface area (Å²) in [6.45, 7) is 2.87. The molecule has 1 aliphatic heterocycles. The summed E-state index contributed by atoms with van der Waals surface area (Å²) in [5, 5.41) is 27.5. The van der Waals surface area contributed by atoms with Crippen LogP contribution in [0.5, 0.6) is 0 Å². The third-order valence-corrected chi connectivity index (χ3v) is 7.17. The van der Waals surface area contributed by atoms with Gasteiger partial charge in [0, 0.05) is 6.42 Å². The molecule has 1 aliphatic rings. The average molecular weight is 605 g/mol. The van der Waals surface area contributed by atoms with E-state index in [0.717, 1.165) is 25.7 Å². The molecule has 10 heteroatoms. The van der Waals surface area contributed by atoms with Gasteiger partial charge in [0.15, 0.2) is 0 Å². The number of aliphatic hydroxyl groups is 3. The standard InChI is InChI=1S/C32H60O10/c1-2-3-4-5-6-7-8-9-10-11-12-13-14-15-16-17-30(36)40-25-24-37-26-28(38-21-18-33)32-31(41-23-20-35)29(27-42-32)39-22-19-34/h9-10,28-29,31-35H,2-8,11-27H2,1H3/b10-9+. The zero-order valence-corrected chi connectivity index (χ0v) is 26.1. The molecule has 0 aromatic heterocycles. The highest BCUT2D eigenvalue weighted by Gasteiger charge is 2.44. The highest BCUT2D eigenvalue weighted by atomic mass is 16.6. The second kappa shape index (κ2) is 28.6. The molecule has 1 saturated heterocycles. The molecule has 3 N–H and O–H groups in total. The lowest BCUT2D eigenvalue weighted by Crippen LogP contribution is -2.45. The molecule has 0 bridgehead atoms. The molecule has 0 radical (unpaired) electrons. The summed E-state index contributed by atoms with van der Waals surface area (Å²) in [7, 11) is 0. The molecule has 4 atom stereocenters. The van der Waals surface area contributed by atoms with Gasteiger partial charge in [0.25, 0.3) is 0 Å². The number of aliphatic hydroxyl groups excluding tert-OH is 3. The maximum Gasteiger partial charge on any atom is 0.305 e. The first-order chi connectivity index (χ1) is 20.7. The molecule has 10 nitrogen and oxygen atoms in total. The lowest BCUT2D eigenvalue weighted by Gasteiger charge is -2.29. The molecule has 248 valence electrons. The molecule has 42 heavy (non-hydrogen) atoms. The molecule has 0 aliphatic carbocycles. The Morgan fingerprint density at radius 2 is 1.40 bits per heavy atom. The van der Waals surface area contributed by atoms with Crippen LogP contribution in [0.2, 0.25) is 0 Å². The predicted molar refractivity (Wildman–Crippen MR) is 161 cm³/mol. The molecule has 1 heterocycles. The van der Waals surface area contributed by atoms with E-state index in [1.54, 1.807) is 0 Å². The third-order valence-electron chi connectivity index (χ3n) is 7.17. The van der Waals surface area contributed by atoms with Gasteiger partial charge < -0.3 is 43.7 Å². The number of allylic oxidation sites excluding steroid dienone is 2. The number of unbranched alkanes of at least 4 members (excludes halogenated alkanes) is 11. The van der Waals surface area contributed by atoms with Gasteiger partial charge in [-0.15, -0.1) is 0 Å². The summed E-state index contributed by atoms with van der Waals surface area (Å²) < 4.78 is 34.0. The monoisotopic (exact) mass is 604 g/mol. The van der Waals surface area contributed by atoms with Gasteiger partial charge in [-0.2, -0.15) is 0 Å². The van der Waals surface area contributed by atoms with Crippen LogP contribution in [0.1, 0.15) is 96.8 Å². The second-order valence-electron chi connectivity index (χ2n) is 10.8. The summed E-state index contributed by atoms with van der Waals surface area (Å²) in [5.41, 5.74) is 0. The molecular weight excluding hydrogens is 544 g/mol. The minimum absolute atomic E-state index is 0.0910. The van der Waals surface area contributed by atoms with Gasteiger partial charge >= 0.3 is 5.97 Å². The molecule has 4 unspecified atom stereocenters. The first kappa shape index (κ1) is 38.9. The lowest BCUT2D eigenvalue weighted by atomic mass is 10.1. The molecule has 1 fully saturated rings. The Balaban J connectivity index is 2.13. The van der Waals surface area contributed by atoms with E-state index < -0.39 is 24.4 Å². The molecule has 0 spiro atoms. The third kappa shape index (κ3) is 20.0. The SMILES string of the molecule is CCCCCCCC/C=C/CCCCCCCC(=O)OCCOCC(OCCO)C1OCC(OCCO)C1OCCO. The normalized spacial score (nSPS) is 19.6. The van der Waals surface area contributed by atoms with Crippen LogP contribution in [-0.4, -0.2) is 112 Å². The number of ether oxygens (including phenoxy) is 6. The molecule has 0 amide bonds. The second-order valence-corrected chi connectivity index (χ2v) is 10.8. The summed E-state index contributed by atoms with van der Waals surface area (Å²) in [6, 6.07) is 0. The average Bonchev–Trinajstić information content (AvgIpc) is 3.40. The van der Waals surface area contributed by atoms with Crippen molar-refractivity contribution in [1.29, 1.82) is 0 Å². The Kier molecular flexibility index (Phi) is 26.5. The maximum absolute atomic E-state index is 12.1. The highest BCUT2D eigenvalue weighted by Crippen LogP contribution is 2.25. The fourth-order valence-corrected chi connectivity index (χ4v) is 4.93. The van der Waals surface area contributed by atoms with Crippen molar-refractivity contribution < 1.29 is 48.5 Å². The van der Waals surface area contributed by atoms with Gasteiger partial charge in [0.05, 0.1) is 59.5 Å². The van der Waals surface area contributed by atoms with Crippen molar-refractivity contribution in [3.05, 3.63) is 12.2 Å². The van der Waals surface area contributed by atoms with E-state index in [9.17, 15) is 15.0 Å². The minimum atomic E-state index is -0.560. The van der Waals surface area contributed by atoms with E-state index in [1.165, 1.54) is 57.8 Å². The Morgan fingerprint density at radius 1 is 0.786 bits per heavy atom. The number of carbonyl (C=O) groups excluding carboxylic acids is 1. The molecule has 1 rings (SSSR count). The van der Waals surface area contributed by atoms with Crippen molar-refractivity contribution in [3.63, 3.8) is 0 Å². The number of carbonyl (C=O) groups is 1. The summed E-state index contributed by atoms with van der Waals surface area (Å²) in [5.74, 6) is -0.218. The van der Waals surface area contributed by atoms with Crippen molar-refractivity contribution in [2.45, 2.75) is 121 Å². The van der Waals surface area contributed by atoms with Crippen LogP contribution in [0, 0.1) is 0 Å². The first-order valence-electron chi connectivity index (χ1n) is 16.3. The van der Waals surface area contributed by atoms with Gasteiger partial charge in [-0.25, -0.2) is 0 Å². The Bertz CT molecular complexity index is 632. The van der Waals surface area contributed by atoms with E-state index in [-0.39, 0.29) is 72.0 Å². The van der Waals surface area contributed by atoms with Gasteiger partial charge in [-0.1, -0.05) is 70.4 Å². The van der Waals surface area contributed by atoms with Crippen LogP contribution >= 0.6 is 0 Å². The topological polar surface area (TPSA) is 133 Å². The smallest absolute Gasteiger partial charge is 0.305 e. The summed E-state index contributed by atoms with van der Waals surface area (Å²) in [6.07, 6.45) is 18.8. The van der Waals surface area contributed by atoms with Crippen molar-refractivity contribution in [2.75, 3.05) is 66.1 Å². The van der Waals surface area contributed by atoms with Crippen molar-refractivity contribution in [2.24, 2.45) is 0 Å². The van der Waals surface area contributed by atoms with Gasteiger partial charge in [-0.3, -0.25) is 4.79 Å². The van der Waals surface area contributed by atoms with Crippen LogP contribution < -0.4 is 0 Å². The van der Waals surface area contributed by atoms with Gasteiger partial charge in [-0.05, 0) is 32.1 Å². The Morgan fingerprint density at radius 3 is 2.07 bits per heavy atom. The number of rotatable bonds is 30. The van der Waals surface area contributed by atoms with E-state index in [1.807, 2.05) is 0 Å². The first-order valence-corrected chi connectivity index (χ1v) is 16.3. The predicted octanol–water partition coefficient (Wildman–Crippen LogP) is 4.12. The van der Waals surface area contributed by atoms with Crippen LogP contribution in [0.15, 0.2) is 12.2 Å². The number of hydrogen-bond donors (Lipinski definition) is 3. The molecule has 0 aromatic rings. The highest BCUT2D eigenvalue weighted by molar-refractivity contribution is 5.69. The zero-order valence-electron chi connectivity index (χ0n) is 26.1. The van der Waals surface area contributed by atoms with Crippen LogP contribution in [0.25, 0.3) is 0 Å². The zero-order chi connectivity index (χ0) is 30.5. The maximum atomic E-state index is 12.1. The van der Waals surface area contributed by atoms with Crippen molar-refractivity contribution >= 4 is 5.97 Å². The Hall–Kier alpha value is -1.11. The molecule has 0 saturated carbocycles. The minimum Gasteiger partial charge on any atom is -0.463 e. The van der Waals surface area contributed by atoms with Crippen LogP contribution in [-0.2, 0) is 33.2 Å². The van der Waals surface area contributed by atoms with E-state index in [4.69, 9.17) is 33.5 Å². The lowest BCUT2D eigenvalue weighted by molar-refractivity contribution is -0.149. The number of esters is 1. The fourth-order valence-electron chi connectivity index (χ4n) is 4.93. The van der Waals surface area contributed by atoms with Crippen LogP contribution in [0.3, 0.4) is 0 Å². The Labute approximate surface area is 254 Å². The van der Waals surface area contributed by atoms with E-state index in [0.29, 0.717) is 6.42 Å². The summed E-state index contributed by atoms with van der Waals surface area (Å²) in [4.78, 5) is 12.1. The van der Waals surface area contributed by atoms with Crippen molar-refractivity contribution in [1.82, 2.24) is 0 Å². The molecule has 0 aromatic carbocycles. The van der Waals surface area contributed by atoms with Crippen molar-refractivity contribution in [3.8, 4) is 0 Å². The van der Waals surface area contributed by atoms with Gasteiger partial charge in [0.2, 0.25) is 0 Å². The number of hydrogen-bond acceptors (Lipinski definition) is 10. The molecular formula is C32H60O10. The van der Waals surface area contributed by atoms with Gasteiger partial charge in [0.1, 0.15) is 31.0 Å². The summed E-state index contributed by atoms with van der Waals surface area (Å²) >= 11 is 0. The van der Waals surface area contributed by atoms with Crippen LogP contribution in [0.4, 0.5) is 0 Å².